The Bertz CT molecular complexity index is 719. The average Bonchev–Trinajstić information content (AvgIpc) is 2.37. The zero-order valence-electron chi connectivity index (χ0n) is 12.0. The zero-order valence-corrected chi connectivity index (χ0v) is 12.0. The molecule has 0 saturated heterocycles. The third-order valence-electron chi connectivity index (χ3n) is 2.91. The third-order valence-corrected chi connectivity index (χ3v) is 2.91. The summed E-state index contributed by atoms with van der Waals surface area (Å²) >= 11 is 0. The van der Waals surface area contributed by atoms with E-state index in [0.717, 1.165) is 17.3 Å². The Morgan fingerprint density at radius 2 is 2.10 bits per heavy atom. The molecule has 0 amide bonds. The molecule has 2 aromatic heterocycles. The van der Waals surface area contributed by atoms with Crippen LogP contribution in [0.1, 0.15) is 48.4 Å². The van der Waals surface area contributed by atoms with E-state index < -0.39 is 5.97 Å². The van der Waals surface area contributed by atoms with E-state index >= 15 is 0 Å². The Morgan fingerprint density at radius 3 is 2.70 bits per heavy atom. The van der Waals surface area contributed by atoms with Gasteiger partial charge in [0.05, 0.1) is 12.3 Å². The molecule has 0 aliphatic carbocycles. The van der Waals surface area contributed by atoms with E-state index in [2.05, 4.69) is 10.1 Å². The second-order valence-electron chi connectivity index (χ2n) is 4.84. The molecule has 6 heteroatoms. The molecule has 0 fully saturated rings. The van der Waals surface area contributed by atoms with E-state index in [1.165, 1.54) is 4.52 Å². The minimum atomic E-state index is -0.599. The molecule has 20 heavy (non-hydrogen) atoms. The number of aromatic nitrogens is 3. The van der Waals surface area contributed by atoms with Crippen molar-refractivity contribution in [1.82, 2.24) is 14.6 Å². The van der Waals surface area contributed by atoms with E-state index in [1.807, 2.05) is 20.8 Å². The van der Waals surface area contributed by atoms with Crippen molar-refractivity contribution in [3.8, 4) is 0 Å². The minimum absolute atomic E-state index is 0.00958. The van der Waals surface area contributed by atoms with Crippen LogP contribution in [-0.4, -0.2) is 27.2 Å². The summed E-state index contributed by atoms with van der Waals surface area (Å²) in [6, 6.07) is 2.91. The van der Waals surface area contributed by atoms with E-state index in [9.17, 15) is 9.59 Å². The van der Waals surface area contributed by atoms with Gasteiger partial charge in [0, 0.05) is 6.07 Å². The monoisotopic (exact) mass is 275 g/mol. The van der Waals surface area contributed by atoms with Gasteiger partial charge in [-0.1, -0.05) is 13.8 Å². The normalized spacial score (nSPS) is 11.1. The molecule has 6 nitrogen and oxygen atoms in total. The maximum atomic E-state index is 12.0. The Hall–Kier alpha value is -2.24. The highest BCUT2D eigenvalue weighted by atomic mass is 16.5. The number of hydrogen-bond acceptors (Lipinski definition) is 5. The number of nitrogens with zero attached hydrogens (tertiary/aromatic N) is 3. The van der Waals surface area contributed by atoms with Crippen LogP contribution >= 0.6 is 0 Å². The number of hydrogen-bond donors (Lipinski definition) is 0. The quantitative estimate of drug-likeness (QED) is 0.797. The van der Waals surface area contributed by atoms with E-state index in [1.54, 1.807) is 13.0 Å². The van der Waals surface area contributed by atoms with Crippen LogP contribution in [-0.2, 0) is 4.74 Å². The SMILES string of the molecule is CCOC(=O)c1cc(=O)n2nc(C(C)C)c(C)cc2n1. The van der Waals surface area contributed by atoms with E-state index in [0.29, 0.717) is 5.65 Å². The summed E-state index contributed by atoms with van der Waals surface area (Å²) in [5.74, 6) is -0.395. The number of ether oxygens (including phenoxy) is 1. The predicted molar refractivity (Wildman–Crippen MR) is 74.0 cm³/mol. The number of carbonyl (C=O) groups is 1. The molecule has 2 heterocycles. The molecule has 0 bridgehead atoms. The molecule has 0 aromatic carbocycles. The summed E-state index contributed by atoms with van der Waals surface area (Å²) in [4.78, 5) is 27.8. The first-order chi connectivity index (χ1) is 9.43. The van der Waals surface area contributed by atoms with Gasteiger partial charge in [-0.05, 0) is 31.4 Å². The smallest absolute Gasteiger partial charge is 0.357 e. The van der Waals surface area contributed by atoms with Crippen molar-refractivity contribution >= 4 is 11.6 Å². The highest BCUT2D eigenvalue weighted by Crippen LogP contribution is 2.16. The fourth-order valence-corrected chi connectivity index (χ4v) is 2.02. The van der Waals surface area contributed by atoms with Gasteiger partial charge in [0.25, 0.3) is 5.56 Å². The number of carbonyl (C=O) groups excluding carboxylic acids is 1. The molecule has 2 aromatic rings. The first-order valence-corrected chi connectivity index (χ1v) is 6.52. The number of aryl methyl sites for hydroxylation is 1. The largest absolute Gasteiger partial charge is 0.461 e. The summed E-state index contributed by atoms with van der Waals surface area (Å²) in [7, 11) is 0. The topological polar surface area (TPSA) is 73.6 Å². The predicted octanol–water partition coefficient (Wildman–Crippen LogP) is 1.70. The van der Waals surface area contributed by atoms with Gasteiger partial charge in [-0.15, -0.1) is 0 Å². The lowest BCUT2D eigenvalue weighted by atomic mass is 10.1. The molecular formula is C14H17N3O3. The molecule has 2 rings (SSSR count). The average molecular weight is 275 g/mol. The molecular weight excluding hydrogens is 258 g/mol. The summed E-state index contributed by atoms with van der Waals surface area (Å²) < 4.78 is 6.07. The van der Waals surface area contributed by atoms with Crippen molar-refractivity contribution in [2.45, 2.75) is 33.6 Å². The van der Waals surface area contributed by atoms with Gasteiger partial charge >= 0.3 is 5.97 Å². The highest BCUT2D eigenvalue weighted by Gasteiger charge is 2.14. The first-order valence-electron chi connectivity index (χ1n) is 6.52. The van der Waals surface area contributed by atoms with Crippen LogP contribution in [0.2, 0.25) is 0 Å². The Labute approximate surface area is 116 Å². The van der Waals surface area contributed by atoms with Gasteiger partial charge in [0.15, 0.2) is 11.3 Å². The second kappa shape index (κ2) is 5.40. The molecule has 0 aliphatic heterocycles. The van der Waals surface area contributed by atoms with Crippen molar-refractivity contribution in [3.05, 3.63) is 39.4 Å². The van der Waals surface area contributed by atoms with Crippen molar-refractivity contribution in [2.24, 2.45) is 0 Å². The standard InChI is InChI=1S/C14H17N3O3/c1-5-20-14(19)10-7-12(18)17-11(15-10)6-9(4)13(16-17)8(2)3/h6-8H,5H2,1-4H3. The van der Waals surface area contributed by atoms with Gasteiger partial charge in [0.1, 0.15) is 0 Å². The van der Waals surface area contributed by atoms with Crippen molar-refractivity contribution in [3.63, 3.8) is 0 Å². The minimum Gasteiger partial charge on any atom is -0.461 e. The zero-order chi connectivity index (χ0) is 14.9. The van der Waals surface area contributed by atoms with Gasteiger partial charge in [-0.25, -0.2) is 9.78 Å². The van der Waals surface area contributed by atoms with Crippen LogP contribution < -0.4 is 5.56 Å². The number of rotatable bonds is 3. The fourth-order valence-electron chi connectivity index (χ4n) is 2.02. The van der Waals surface area contributed by atoms with Crippen molar-refractivity contribution in [2.75, 3.05) is 6.61 Å². The van der Waals surface area contributed by atoms with Gasteiger partial charge < -0.3 is 4.74 Å². The first kappa shape index (κ1) is 14.2. The molecule has 0 aliphatic rings. The van der Waals surface area contributed by atoms with Crippen LogP contribution in [0.5, 0.6) is 0 Å². The molecule has 0 radical (unpaired) electrons. The Balaban J connectivity index is 2.65. The maximum absolute atomic E-state index is 12.0. The molecule has 0 N–H and O–H groups in total. The highest BCUT2D eigenvalue weighted by molar-refractivity contribution is 5.87. The van der Waals surface area contributed by atoms with Crippen molar-refractivity contribution in [1.29, 1.82) is 0 Å². The van der Waals surface area contributed by atoms with E-state index in [-0.39, 0.29) is 23.8 Å². The van der Waals surface area contributed by atoms with Gasteiger partial charge in [-0.2, -0.15) is 9.61 Å². The fraction of sp³-hybridized carbons (Fsp3) is 0.429. The molecule has 0 atom stereocenters. The van der Waals surface area contributed by atoms with Crippen LogP contribution in [0.25, 0.3) is 5.65 Å². The lowest BCUT2D eigenvalue weighted by molar-refractivity contribution is 0.0519. The van der Waals surface area contributed by atoms with Crippen LogP contribution in [0.4, 0.5) is 0 Å². The summed E-state index contributed by atoms with van der Waals surface area (Å²) in [6.45, 7) is 7.86. The van der Waals surface area contributed by atoms with E-state index in [4.69, 9.17) is 4.74 Å². The van der Waals surface area contributed by atoms with Crippen LogP contribution in [0.3, 0.4) is 0 Å². The molecule has 106 valence electrons. The Morgan fingerprint density at radius 1 is 1.40 bits per heavy atom. The Kier molecular flexibility index (Phi) is 3.83. The third kappa shape index (κ3) is 2.54. The lowest BCUT2D eigenvalue weighted by Gasteiger charge is -2.10. The summed E-state index contributed by atoms with van der Waals surface area (Å²) in [5, 5.41) is 4.31. The van der Waals surface area contributed by atoms with Crippen molar-refractivity contribution < 1.29 is 9.53 Å². The summed E-state index contributed by atoms with van der Waals surface area (Å²) in [6.07, 6.45) is 0. The molecule has 0 unspecified atom stereocenters. The van der Waals surface area contributed by atoms with Crippen LogP contribution in [0, 0.1) is 6.92 Å². The molecule has 0 saturated carbocycles. The maximum Gasteiger partial charge on any atom is 0.357 e. The second-order valence-corrected chi connectivity index (χ2v) is 4.84. The van der Waals surface area contributed by atoms with Crippen LogP contribution in [0.15, 0.2) is 16.9 Å². The number of fused-ring (bicyclic) bond motifs is 1. The lowest BCUT2D eigenvalue weighted by Crippen LogP contribution is -2.22. The summed E-state index contributed by atoms with van der Waals surface area (Å²) in [5.41, 5.74) is 1.75. The van der Waals surface area contributed by atoms with Gasteiger partial charge in [-0.3, -0.25) is 4.79 Å². The molecule has 0 spiro atoms. The number of esters is 1. The van der Waals surface area contributed by atoms with Gasteiger partial charge in [0.2, 0.25) is 0 Å².